The first kappa shape index (κ1) is 33.8. The molecule has 3 rings (SSSR count). The van der Waals surface area contributed by atoms with E-state index in [0.717, 1.165) is 0 Å². The summed E-state index contributed by atoms with van der Waals surface area (Å²) in [4.78, 5) is 42.7. The van der Waals surface area contributed by atoms with Crippen LogP contribution in [0.4, 0.5) is 0 Å². The number of hydrogen-bond acceptors (Lipinski definition) is 10. The predicted molar refractivity (Wildman–Crippen MR) is 161 cm³/mol. The van der Waals surface area contributed by atoms with Crippen LogP contribution < -0.4 is 32.6 Å². The molecule has 44 heavy (non-hydrogen) atoms. The van der Waals surface area contributed by atoms with Crippen LogP contribution in [0.1, 0.15) is 37.7 Å². The van der Waals surface area contributed by atoms with Crippen molar-refractivity contribution in [1.29, 1.82) is 5.41 Å². The van der Waals surface area contributed by atoms with Crippen molar-refractivity contribution in [1.82, 2.24) is 40.9 Å². The van der Waals surface area contributed by atoms with E-state index in [2.05, 4.69) is 41.0 Å². The smallest absolute Gasteiger partial charge is 0.239 e. The van der Waals surface area contributed by atoms with E-state index in [-0.39, 0.29) is 43.0 Å². The number of aldehydes is 1. The number of hydrogen-bond donors (Lipinski definition) is 8. The SMILES string of the molecule is N=C(N)N1CCC(C[C@@H](NS(=O)(=O)Cc2ccccc2-c2nn[nH]n2)C(=O)NCC(=O)N[C@H](C=O)CCCN=C(N)N)CC1. The van der Waals surface area contributed by atoms with Gasteiger partial charge in [-0.3, -0.25) is 20.0 Å². The number of tetrazole rings is 1. The monoisotopic (exact) mass is 633 g/mol. The number of amides is 2. The van der Waals surface area contributed by atoms with E-state index in [1.165, 1.54) is 0 Å². The zero-order valence-electron chi connectivity index (χ0n) is 24.1. The lowest BCUT2D eigenvalue weighted by Gasteiger charge is -2.33. The van der Waals surface area contributed by atoms with Gasteiger partial charge in [-0.05, 0) is 48.8 Å². The first-order valence-electron chi connectivity index (χ1n) is 14.0. The maximum Gasteiger partial charge on any atom is 0.239 e. The van der Waals surface area contributed by atoms with Gasteiger partial charge in [-0.2, -0.15) is 5.21 Å². The Hall–Kier alpha value is -4.65. The van der Waals surface area contributed by atoms with Crippen LogP contribution in [0, 0.1) is 11.3 Å². The van der Waals surface area contributed by atoms with Crippen molar-refractivity contribution in [3.63, 3.8) is 0 Å². The quantitative estimate of drug-likeness (QED) is 0.0412. The number of nitrogens with zero attached hydrogens (tertiary/aromatic N) is 5. The number of carbonyl (C=O) groups is 3. The molecule has 1 aliphatic heterocycles. The first-order valence-corrected chi connectivity index (χ1v) is 15.6. The third-order valence-electron chi connectivity index (χ3n) is 7.01. The molecule has 19 heteroatoms. The van der Waals surface area contributed by atoms with E-state index in [4.69, 9.17) is 22.6 Å². The molecule has 0 saturated carbocycles. The molecule has 11 N–H and O–H groups in total. The molecule has 1 aliphatic rings. The summed E-state index contributed by atoms with van der Waals surface area (Å²) in [5.74, 6) is -1.74. The minimum absolute atomic E-state index is 0.0467. The zero-order chi connectivity index (χ0) is 32.1. The summed E-state index contributed by atoms with van der Waals surface area (Å²) in [6.45, 7) is 0.806. The van der Waals surface area contributed by atoms with Gasteiger partial charge >= 0.3 is 0 Å². The number of sulfonamides is 1. The van der Waals surface area contributed by atoms with Crippen molar-refractivity contribution in [2.75, 3.05) is 26.2 Å². The predicted octanol–water partition coefficient (Wildman–Crippen LogP) is -2.50. The number of aliphatic imine (C=N–C) groups is 1. The van der Waals surface area contributed by atoms with E-state index in [0.29, 0.717) is 49.8 Å². The standard InChI is InChI=1S/C25H39N13O5S/c26-24(27)30-9-3-5-18(14-39)32-21(40)13-31-23(41)20(12-16-7-10-38(11-8-16)25(28)29)35-44(42,43)15-17-4-1-2-6-19(17)22-33-36-37-34-22/h1-2,4,6,14,16,18,20,35H,3,5,7-13,15H2,(H3,28,29)(H,31,41)(H,32,40)(H4,26,27,30)(H,33,34,36,37)/t18-,20+/m0/s1. The fraction of sp³-hybridized carbons (Fsp3) is 0.520. The Labute approximate surface area is 254 Å². The molecule has 1 saturated heterocycles. The van der Waals surface area contributed by atoms with Crippen LogP contribution in [-0.2, 0) is 30.2 Å². The highest BCUT2D eigenvalue weighted by Gasteiger charge is 2.31. The van der Waals surface area contributed by atoms with Crippen molar-refractivity contribution in [2.24, 2.45) is 28.1 Å². The Morgan fingerprint density at radius 3 is 2.57 bits per heavy atom. The summed E-state index contributed by atoms with van der Waals surface area (Å²) in [5, 5.41) is 26.4. The molecular weight excluding hydrogens is 594 g/mol. The Kier molecular flexibility index (Phi) is 12.5. The molecule has 1 fully saturated rings. The molecular formula is C25H39N13O5S. The molecule has 2 heterocycles. The molecule has 0 unspecified atom stereocenters. The van der Waals surface area contributed by atoms with Gasteiger partial charge in [0.25, 0.3) is 0 Å². The van der Waals surface area contributed by atoms with Crippen molar-refractivity contribution in [2.45, 2.75) is 49.9 Å². The zero-order valence-corrected chi connectivity index (χ0v) is 24.9. The second kappa shape index (κ2) is 16.3. The van der Waals surface area contributed by atoms with Crippen molar-refractivity contribution < 1.29 is 22.8 Å². The van der Waals surface area contributed by atoms with Gasteiger partial charge in [0.1, 0.15) is 12.3 Å². The molecule has 0 radical (unpaired) electrons. The largest absolute Gasteiger partial charge is 0.370 e. The van der Waals surface area contributed by atoms with Crippen molar-refractivity contribution in [3.8, 4) is 11.4 Å². The highest BCUT2D eigenvalue weighted by atomic mass is 32.2. The summed E-state index contributed by atoms with van der Waals surface area (Å²) in [6, 6.07) is 4.66. The van der Waals surface area contributed by atoms with Crippen LogP contribution in [0.3, 0.4) is 0 Å². The summed E-state index contributed by atoms with van der Waals surface area (Å²) in [7, 11) is -4.08. The van der Waals surface area contributed by atoms with Crippen molar-refractivity contribution in [3.05, 3.63) is 29.8 Å². The fourth-order valence-electron chi connectivity index (χ4n) is 4.80. The average molecular weight is 634 g/mol. The number of carbonyl (C=O) groups excluding carboxylic acids is 3. The lowest BCUT2D eigenvalue weighted by atomic mass is 9.90. The Morgan fingerprint density at radius 1 is 1.20 bits per heavy atom. The number of guanidine groups is 2. The van der Waals surface area contributed by atoms with Gasteiger partial charge in [-0.25, -0.2) is 13.1 Å². The molecule has 18 nitrogen and oxygen atoms in total. The van der Waals surface area contributed by atoms with E-state index < -0.39 is 46.2 Å². The second-order valence-electron chi connectivity index (χ2n) is 10.4. The van der Waals surface area contributed by atoms with Crippen LogP contribution in [0.25, 0.3) is 11.4 Å². The van der Waals surface area contributed by atoms with Gasteiger partial charge in [0.2, 0.25) is 27.7 Å². The van der Waals surface area contributed by atoms with E-state index >= 15 is 0 Å². The molecule has 0 spiro atoms. The minimum Gasteiger partial charge on any atom is -0.370 e. The maximum absolute atomic E-state index is 13.4. The number of nitrogens with one attached hydrogen (secondary N) is 5. The van der Waals surface area contributed by atoms with Gasteiger partial charge in [0.15, 0.2) is 11.9 Å². The van der Waals surface area contributed by atoms with Gasteiger partial charge in [0, 0.05) is 25.2 Å². The van der Waals surface area contributed by atoms with E-state index in [1.54, 1.807) is 29.2 Å². The van der Waals surface area contributed by atoms with Crippen LogP contribution in [0.5, 0.6) is 0 Å². The molecule has 0 aliphatic carbocycles. The van der Waals surface area contributed by atoms with Crippen LogP contribution in [-0.4, -0.2) is 102 Å². The number of rotatable bonds is 16. The summed E-state index contributed by atoms with van der Waals surface area (Å²) < 4.78 is 29.2. The number of aromatic amines is 1. The summed E-state index contributed by atoms with van der Waals surface area (Å²) in [5.41, 5.74) is 17.0. The highest BCUT2D eigenvalue weighted by molar-refractivity contribution is 7.88. The molecule has 1 aromatic carbocycles. The molecule has 2 atom stereocenters. The van der Waals surface area contributed by atoms with Gasteiger partial charge in [0.05, 0.1) is 18.3 Å². The Balaban J connectivity index is 1.67. The third kappa shape index (κ3) is 10.9. The van der Waals surface area contributed by atoms with Gasteiger partial charge < -0.3 is 37.5 Å². The molecule has 0 bridgehead atoms. The number of aromatic nitrogens is 4. The number of likely N-dealkylation sites (tertiary alicyclic amines) is 1. The maximum atomic E-state index is 13.4. The van der Waals surface area contributed by atoms with Gasteiger partial charge in [-0.1, -0.05) is 24.3 Å². The van der Waals surface area contributed by atoms with Crippen LogP contribution in [0.15, 0.2) is 29.3 Å². The Bertz CT molecular complexity index is 1410. The lowest BCUT2D eigenvalue weighted by Crippen LogP contribution is -2.51. The summed E-state index contributed by atoms with van der Waals surface area (Å²) >= 11 is 0. The average Bonchev–Trinajstić information content (AvgIpc) is 3.52. The molecule has 240 valence electrons. The summed E-state index contributed by atoms with van der Waals surface area (Å²) in [6.07, 6.45) is 2.64. The normalized spacial score (nSPS) is 15.1. The van der Waals surface area contributed by atoms with Crippen molar-refractivity contribution >= 4 is 40.0 Å². The van der Waals surface area contributed by atoms with E-state index in [1.807, 2.05) is 0 Å². The Morgan fingerprint density at radius 2 is 1.93 bits per heavy atom. The molecule has 2 amide bonds. The fourth-order valence-corrected chi connectivity index (χ4v) is 6.18. The number of H-pyrrole nitrogens is 1. The molecule has 2 aromatic rings. The van der Waals surface area contributed by atoms with E-state index in [9.17, 15) is 22.8 Å². The van der Waals surface area contributed by atoms with Crippen LogP contribution in [0.2, 0.25) is 0 Å². The number of nitrogens with two attached hydrogens (primary N) is 3. The first-order chi connectivity index (χ1) is 21.0. The number of benzene rings is 1. The lowest BCUT2D eigenvalue weighted by molar-refractivity contribution is -0.128. The molecule has 1 aromatic heterocycles. The van der Waals surface area contributed by atoms with Gasteiger partial charge in [-0.15, -0.1) is 10.2 Å². The minimum atomic E-state index is -4.08. The second-order valence-corrected chi connectivity index (χ2v) is 12.1. The third-order valence-corrected chi connectivity index (χ3v) is 8.35. The van der Waals surface area contributed by atoms with Crippen LogP contribution >= 0.6 is 0 Å². The highest BCUT2D eigenvalue weighted by Crippen LogP contribution is 2.24. The number of piperidine rings is 1. The topological polar surface area (TPSA) is 293 Å².